The van der Waals surface area contributed by atoms with Crippen LogP contribution in [0.3, 0.4) is 0 Å². The quantitative estimate of drug-likeness (QED) is 0.612. The molecule has 0 aromatic heterocycles. The van der Waals surface area contributed by atoms with Crippen molar-refractivity contribution in [3.05, 3.63) is 65.2 Å². The van der Waals surface area contributed by atoms with E-state index >= 15 is 0 Å². The molecule has 2 rings (SSSR count). The second kappa shape index (κ2) is 10.0. The summed E-state index contributed by atoms with van der Waals surface area (Å²) < 4.78 is 0. The number of carbonyl (C=O) groups is 2. The van der Waals surface area contributed by atoms with Crippen molar-refractivity contribution in [1.29, 1.82) is 0 Å². The van der Waals surface area contributed by atoms with Crippen molar-refractivity contribution >= 4 is 17.5 Å². The summed E-state index contributed by atoms with van der Waals surface area (Å²) in [7, 11) is 0. The third kappa shape index (κ3) is 5.92. The van der Waals surface area contributed by atoms with Gasteiger partial charge in [-0.15, -0.1) is 0 Å². The van der Waals surface area contributed by atoms with Crippen molar-refractivity contribution in [2.75, 3.05) is 5.32 Å². The highest BCUT2D eigenvalue weighted by molar-refractivity contribution is 5.96. The third-order valence-corrected chi connectivity index (χ3v) is 4.80. The summed E-state index contributed by atoms with van der Waals surface area (Å²) in [6.45, 7) is 8.32. The van der Waals surface area contributed by atoms with Crippen LogP contribution in [0, 0.1) is 5.92 Å². The summed E-state index contributed by atoms with van der Waals surface area (Å²) in [5.74, 6) is -0.278. The molecular weight excluding hydrogens is 350 g/mol. The van der Waals surface area contributed by atoms with Crippen LogP contribution in [0.4, 0.5) is 5.69 Å². The Kier molecular flexibility index (Phi) is 7.76. The maximum atomic E-state index is 12.6. The number of nitrogens with one attached hydrogen (secondary N) is 2. The van der Waals surface area contributed by atoms with E-state index in [1.807, 2.05) is 6.92 Å². The first kappa shape index (κ1) is 21.6. The van der Waals surface area contributed by atoms with Crippen LogP contribution in [0.1, 0.15) is 61.6 Å². The lowest BCUT2D eigenvalue weighted by Crippen LogP contribution is -2.41. The van der Waals surface area contributed by atoms with Gasteiger partial charge in [0.15, 0.2) is 0 Å². The zero-order valence-electron chi connectivity index (χ0n) is 17.2. The maximum Gasteiger partial charge on any atom is 0.248 e. The molecule has 0 aliphatic rings. The summed E-state index contributed by atoms with van der Waals surface area (Å²) in [6, 6.07) is 14.9. The molecule has 150 valence electrons. The predicted octanol–water partition coefficient (Wildman–Crippen LogP) is 4.05. The lowest BCUT2D eigenvalue weighted by Gasteiger charge is -2.26. The highest BCUT2D eigenvalue weighted by Crippen LogP contribution is 2.23. The molecule has 0 radical (unpaired) electrons. The van der Waals surface area contributed by atoms with Crippen molar-refractivity contribution < 1.29 is 9.59 Å². The van der Waals surface area contributed by atoms with Crippen LogP contribution in [0.25, 0.3) is 0 Å². The Morgan fingerprint density at radius 1 is 0.964 bits per heavy atom. The van der Waals surface area contributed by atoms with Crippen molar-refractivity contribution in [3.8, 4) is 0 Å². The first-order valence-electron chi connectivity index (χ1n) is 9.87. The van der Waals surface area contributed by atoms with Crippen LogP contribution in [0.5, 0.6) is 0 Å². The van der Waals surface area contributed by atoms with Gasteiger partial charge in [-0.1, -0.05) is 51.5 Å². The summed E-state index contributed by atoms with van der Waals surface area (Å²) >= 11 is 0. The topological polar surface area (TPSA) is 84.2 Å². The number of nitrogens with two attached hydrogens (primary N) is 1. The third-order valence-electron chi connectivity index (χ3n) is 4.80. The molecule has 2 atom stereocenters. The Hall–Kier alpha value is -2.66. The molecule has 2 aromatic carbocycles. The summed E-state index contributed by atoms with van der Waals surface area (Å²) in [5.41, 5.74) is 8.80. The van der Waals surface area contributed by atoms with E-state index in [1.165, 1.54) is 11.1 Å². The van der Waals surface area contributed by atoms with Crippen LogP contribution in [-0.4, -0.2) is 17.9 Å². The minimum Gasteiger partial charge on any atom is -0.366 e. The second-order valence-electron chi connectivity index (χ2n) is 7.53. The van der Waals surface area contributed by atoms with Crippen LogP contribution in [-0.2, 0) is 11.2 Å². The van der Waals surface area contributed by atoms with Gasteiger partial charge in [0, 0.05) is 17.3 Å². The van der Waals surface area contributed by atoms with Crippen molar-refractivity contribution in [2.24, 2.45) is 11.7 Å². The monoisotopic (exact) mass is 381 g/mol. The van der Waals surface area contributed by atoms with Gasteiger partial charge in [0.1, 0.15) is 0 Å². The molecule has 0 aliphatic carbocycles. The number of aryl methyl sites for hydroxylation is 1. The molecule has 4 N–H and O–H groups in total. The molecule has 5 heteroatoms. The molecule has 0 fully saturated rings. The maximum absolute atomic E-state index is 12.6. The van der Waals surface area contributed by atoms with Gasteiger partial charge in [-0.05, 0) is 54.7 Å². The van der Waals surface area contributed by atoms with E-state index in [9.17, 15) is 9.59 Å². The second-order valence-corrected chi connectivity index (χ2v) is 7.53. The average molecular weight is 382 g/mol. The molecular formula is C23H31N3O2. The fourth-order valence-electron chi connectivity index (χ4n) is 3.17. The van der Waals surface area contributed by atoms with Gasteiger partial charge in [0.2, 0.25) is 11.8 Å². The van der Waals surface area contributed by atoms with Gasteiger partial charge in [-0.3, -0.25) is 14.9 Å². The van der Waals surface area contributed by atoms with E-state index in [1.54, 1.807) is 24.3 Å². The van der Waals surface area contributed by atoms with Gasteiger partial charge in [-0.2, -0.15) is 0 Å². The van der Waals surface area contributed by atoms with E-state index in [0.29, 0.717) is 17.2 Å². The molecule has 0 heterocycles. The number of amides is 2. The molecule has 0 saturated heterocycles. The Morgan fingerprint density at radius 3 is 2.07 bits per heavy atom. The fraction of sp³-hybridized carbons (Fsp3) is 0.391. The molecule has 2 amide bonds. The highest BCUT2D eigenvalue weighted by Gasteiger charge is 2.22. The Balaban J connectivity index is 2.03. The number of hydrogen-bond acceptors (Lipinski definition) is 3. The predicted molar refractivity (Wildman–Crippen MR) is 114 cm³/mol. The molecule has 0 aliphatic heterocycles. The zero-order valence-corrected chi connectivity index (χ0v) is 17.2. The standard InChI is InChI=1S/C23H31N3O2/c1-5-6-17-7-9-18(10-8-17)21(15(2)3)25-16(4)23(28)26-20-13-11-19(12-14-20)22(24)27/h7-16,21,25H,5-6H2,1-4H3,(H2,24,27)(H,26,28)/t16-,21+/m1/s1. The summed E-state index contributed by atoms with van der Waals surface area (Å²) in [6.07, 6.45) is 2.20. The SMILES string of the molecule is CCCc1ccc([C@@H](N[C@H](C)C(=O)Nc2ccc(C(N)=O)cc2)C(C)C)cc1. The van der Waals surface area contributed by atoms with Crippen LogP contribution in [0.15, 0.2) is 48.5 Å². The molecule has 0 saturated carbocycles. The normalized spacial score (nSPS) is 13.2. The smallest absolute Gasteiger partial charge is 0.248 e. The molecule has 2 aromatic rings. The van der Waals surface area contributed by atoms with Crippen molar-refractivity contribution in [3.63, 3.8) is 0 Å². The van der Waals surface area contributed by atoms with Gasteiger partial charge >= 0.3 is 0 Å². The summed E-state index contributed by atoms with van der Waals surface area (Å²) in [5, 5.41) is 6.32. The van der Waals surface area contributed by atoms with E-state index in [-0.39, 0.29) is 18.0 Å². The number of anilines is 1. The van der Waals surface area contributed by atoms with Crippen molar-refractivity contribution in [1.82, 2.24) is 5.32 Å². The fourth-order valence-corrected chi connectivity index (χ4v) is 3.17. The average Bonchev–Trinajstić information content (AvgIpc) is 2.67. The lowest BCUT2D eigenvalue weighted by molar-refractivity contribution is -0.118. The number of carbonyl (C=O) groups excluding carboxylic acids is 2. The minimum absolute atomic E-state index is 0.0775. The molecule has 0 spiro atoms. The van der Waals surface area contributed by atoms with E-state index < -0.39 is 5.91 Å². The van der Waals surface area contributed by atoms with Gasteiger partial charge in [0.25, 0.3) is 0 Å². The van der Waals surface area contributed by atoms with Gasteiger partial charge < -0.3 is 11.1 Å². The highest BCUT2D eigenvalue weighted by atomic mass is 16.2. The lowest BCUT2D eigenvalue weighted by atomic mass is 9.94. The van der Waals surface area contributed by atoms with Gasteiger partial charge in [0.05, 0.1) is 6.04 Å². The number of hydrogen-bond donors (Lipinski definition) is 3. The van der Waals surface area contributed by atoms with Crippen LogP contribution >= 0.6 is 0 Å². The van der Waals surface area contributed by atoms with Crippen LogP contribution < -0.4 is 16.4 Å². The first-order valence-corrected chi connectivity index (χ1v) is 9.87. The summed E-state index contributed by atoms with van der Waals surface area (Å²) in [4.78, 5) is 23.7. The number of primary amides is 1. The van der Waals surface area contributed by atoms with E-state index in [4.69, 9.17) is 5.73 Å². The molecule has 0 unspecified atom stereocenters. The zero-order chi connectivity index (χ0) is 20.7. The van der Waals surface area contributed by atoms with E-state index in [0.717, 1.165) is 12.8 Å². The molecule has 0 bridgehead atoms. The largest absolute Gasteiger partial charge is 0.366 e. The first-order chi connectivity index (χ1) is 13.3. The Labute approximate surface area is 167 Å². The van der Waals surface area contributed by atoms with Gasteiger partial charge in [-0.25, -0.2) is 0 Å². The van der Waals surface area contributed by atoms with E-state index in [2.05, 4.69) is 55.7 Å². The Morgan fingerprint density at radius 2 is 1.57 bits per heavy atom. The molecule has 5 nitrogen and oxygen atoms in total. The minimum atomic E-state index is -0.488. The Bertz CT molecular complexity index is 782. The molecule has 28 heavy (non-hydrogen) atoms. The van der Waals surface area contributed by atoms with Crippen molar-refractivity contribution in [2.45, 2.75) is 52.6 Å². The van der Waals surface area contributed by atoms with Crippen LogP contribution in [0.2, 0.25) is 0 Å². The number of benzene rings is 2. The number of rotatable bonds is 9.